The van der Waals surface area contributed by atoms with Crippen LogP contribution >= 0.6 is 0 Å². The lowest BCUT2D eigenvalue weighted by atomic mass is 10.0. The maximum absolute atomic E-state index is 9.90. The third-order valence-electron chi connectivity index (χ3n) is 9.44. The highest BCUT2D eigenvalue weighted by Gasteiger charge is 2.02. The molecule has 42 heavy (non-hydrogen) atoms. The summed E-state index contributed by atoms with van der Waals surface area (Å²) in [5.74, 6) is 0. The molecule has 0 fully saturated rings. The zero-order valence-electron chi connectivity index (χ0n) is 29.6. The standard InChI is InChI=1S/C41H82O/c1-3-5-7-8-9-10-11-12-13-14-15-16-17-18-19-20-21-22-23-24-25-26-27-28-29-30-31-32-33-34-35-36-37-38-40-41(42)39-6-4-2/h8-9,41-42H,3-7,10-40H2,1-2H3/t41-/m1/s1. The van der Waals surface area contributed by atoms with Gasteiger partial charge in [-0.3, -0.25) is 0 Å². The number of rotatable bonds is 37. The van der Waals surface area contributed by atoms with Crippen LogP contribution in [0.3, 0.4) is 0 Å². The number of aliphatic hydroxyl groups is 1. The van der Waals surface area contributed by atoms with E-state index in [1.165, 1.54) is 218 Å². The molecule has 0 bridgehead atoms. The molecular weight excluding hydrogens is 508 g/mol. The quantitative estimate of drug-likeness (QED) is 0.0563. The van der Waals surface area contributed by atoms with Gasteiger partial charge in [-0.25, -0.2) is 0 Å². The molecule has 0 saturated heterocycles. The first-order valence-corrected chi connectivity index (χ1v) is 20.1. The van der Waals surface area contributed by atoms with Crippen LogP contribution in [0.1, 0.15) is 245 Å². The van der Waals surface area contributed by atoms with Crippen LogP contribution in [-0.2, 0) is 0 Å². The topological polar surface area (TPSA) is 20.2 Å². The van der Waals surface area contributed by atoms with Gasteiger partial charge < -0.3 is 5.11 Å². The minimum atomic E-state index is -0.0350. The molecule has 0 spiro atoms. The van der Waals surface area contributed by atoms with Crippen molar-refractivity contribution in [3.05, 3.63) is 12.2 Å². The van der Waals surface area contributed by atoms with Crippen molar-refractivity contribution >= 4 is 0 Å². The summed E-state index contributed by atoms with van der Waals surface area (Å²) in [6, 6.07) is 0. The predicted octanol–water partition coefficient (Wildman–Crippen LogP) is 15.0. The summed E-state index contributed by atoms with van der Waals surface area (Å²) in [4.78, 5) is 0. The average molecular weight is 591 g/mol. The van der Waals surface area contributed by atoms with Gasteiger partial charge in [-0.2, -0.15) is 0 Å². The average Bonchev–Trinajstić information content (AvgIpc) is 3.00. The van der Waals surface area contributed by atoms with Gasteiger partial charge in [0.1, 0.15) is 0 Å². The van der Waals surface area contributed by atoms with Gasteiger partial charge in [-0.1, -0.05) is 225 Å². The lowest BCUT2D eigenvalue weighted by Crippen LogP contribution is -2.05. The van der Waals surface area contributed by atoms with Gasteiger partial charge in [-0.15, -0.1) is 0 Å². The second-order valence-corrected chi connectivity index (χ2v) is 13.9. The Labute approximate surface area is 267 Å². The van der Waals surface area contributed by atoms with E-state index in [0.717, 1.165) is 12.8 Å². The SMILES string of the molecule is CCCCC=CCCCCCCCCCCCCCCCCCCCCCCCCCCCCCC[C@H](O)CCCC. The van der Waals surface area contributed by atoms with Crippen molar-refractivity contribution in [3.63, 3.8) is 0 Å². The van der Waals surface area contributed by atoms with Gasteiger partial charge in [0.25, 0.3) is 0 Å². The fourth-order valence-corrected chi connectivity index (χ4v) is 6.38. The van der Waals surface area contributed by atoms with Crippen LogP contribution in [0.5, 0.6) is 0 Å². The first kappa shape index (κ1) is 41.7. The van der Waals surface area contributed by atoms with Crippen LogP contribution in [0.2, 0.25) is 0 Å². The molecule has 0 aromatic heterocycles. The first-order valence-electron chi connectivity index (χ1n) is 20.1. The number of unbranched alkanes of at least 4 members (excludes halogenated alkanes) is 31. The van der Waals surface area contributed by atoms with E-state index in [2.05, 4.69) is 26.0 Å². The first-order chi connectivity index (χ1) is 20.8. The van der Waals surface area contributed by atoms with Gasteiger partial charge in [0.05, 0.1) is 6.10 Å². The van der Waals surface area contributed by atoms with Crippen molar-refractivity contribution in [2.45, 2.75) is 251 Å². The smallest absolute Gasteiger partial charge is 0.0540 e. The lowest BCUT2D eigenvalue weighted by molar-refractivity contribution is 0.148. The number of hydrogen-bond acceptors (Lipinski definition) is 1. The lowest BCUT2D eigenvalue weighted by Gasteiger charge is -2.09. The molecule has 0 radical (unpaired) electrons. The van der Waals surface area contributed by atoms with E-state index in [-0.39, 0.29) is 6.10 Å². The van der Waals surface area contributed by atoms with E-state index >= 15 is 0 Å². The molecule has 0 aliphatic heterocycles. The van der Waals surface area contributed by atoms with E-state index in [0.29, 0.717) is 0 Å². The molecule has 0 saturated carbocycles. The third-order valence-corrected chi connectivity index (χ3v) is 9.44. The van der Waals surface area contributed by atoms with Crippen LogP contribution in [-0.4, -0.2) is 11.2 Å². The Kier molecular flexibility index (Phi) is 38.4. The molecule has 0 aliphatic carbocycles. The van der Waals surface area contributed by atoms with Crippen molar-refractivity contribution in [2.24, 2.45) is 0 Å². The maximum atomic E-state index is 9.90. The third kappa shape index (κ3) is 37.7. The van der Waals surface area contributed by atoms with Gasteiger partial charge in [-0.05, 0) is 32.1 Å². The highest BCUT2D eigenvalue weighted by atomic mass is 16.3. The van der Waals surface area contributed by atoms with Crippen LogP contribution in [0.25, 0.3) is 0 Å². The van der Waals surface area contributed by atoms with Crippen molar-refractivity contribution in [2.75, 3.05) is 0 Å². The van der Waals surface area contributed by atoms with Crippen molar-refractivity contribution in [1.29, 1.82) is 0 Å². The normalized spacial score (nSPS) is 12.5. The zero-order chi connectivity index (χ0) is 30.4. The fourth-order valence-electron chi connectivity index (χ4n) is 6.38. The van der Waals surface area contributed by atoms with Crippen molar-refractivity contribution < 1.29 is 5.11 Å². The summed E-state index contributed by atoms with van der Waals surface area (Å²) >= 11 is 0. The van der Waals surface area contributed by atoms with Crippen LogP contribution in [0.4, 0.5) is 0 Å². The Morgan fingerprint density at radius 1 is 0.310 bits per heavy atom. The minimum Gasteiger partial charge on any atom is -0.393 e. The highest BCUT2D eigenvalue weighted by Crippen LogP contribution is 2.17. The Hall–Kier alpha value is -0.300. The summed E-state index contributed by atoms with van der Waals surface area (Å²) < 4.78 is 0. The fraction of sp³-hybridized carbons (Fsp3) is 0.951. The Balaban J connectivity index is 3.07. The van der Waals surface area contributed by atoms with Crippen molar-refractivity contribution in [1.82, 2.24) is 0 Å². The van der Waals surface area contributed by atoms with Crippen LogP contribution in [0, 0.1) is 0 Å². The summed E-state index contributed by atoms with van der Waals surface area (Å²) in [7, 11) is 0. The molecule has 0 rings (SSSR count). The second kappa shape index (κ2) is 38.7. The summed E-state index contributed by atoms with van der Waals surface area (Å²) in [5, 5.41) is 9.90. The largest absolute Gasteiger partial charge is 0.393 e. The number of hydrogen-bond donors (Lipinski definition) is 1. The predicted molar refractivity (Wildman–Crippen MR) is 193 cm³/mol. The molecule has 252 valence electrons. The van der Waals surface area contributed by atoms with E-state index in [4.69, 9.17) is 0 Å². The Morgan fingerprint density at radius 2 is 0.548 bits per heavy atom. The number of aliphatic hydroxyl groups excluding tert-OH is 1. The Bertz CT molecular complexity index is 483. The molecule has 1 atom stereocenters. The molecule has 0 aliphatic rings. The summed E-state index contributed by atoms with van der Waals surface area (Å²) in [6.45, 7) is 4.48. The van der Waals surface area contributed by atoms with Gasteiger partial charge in [0.2, 0.25) is 0 Å². The molecule has 1 heteroatoms. The molecule has 0 aromatic rings. The molecular formula is C41H82O. The van der Waals surface area contributed by atoms with E-state index in [1.54, 1.807) is 0 Å². The van der Waals surface area contributed by atoms with Gasteiger partial charge in [0, 0.05) is 0 Å². The summed E-state index contributed by atoms with van der Waals surface area (Å²) in [5.41, 5.74) is 0. The monoisotopic (exact) mass is 591 g/mol. The van der Waals surface area contributed by atoms with E-state index in [1.807, 2.05) is 0 Å². The molecule has 0 unspecified atom stereocenters. The summed E-state index contributed by atoms with van der Waals surface area (Å²) in [6.07, 6.45) is 55.0. The van der Waals surface area contributed by atoms with Crippen molar-refractivity contribution in [3.8, 4) is 0 Å². The zero-order valence-corrected chi connectivity index (χ0v) is 29.6. The Morgan fingerprint density at radius 3 is 0.857 bits per heavy atom. The molecule has 1 nitrogen and oxygen atoms in total. The molecule has 0 amide bonds. The molecule has 0 aromatic carbocycles. The van der Waals surface area contributed by atoms with E-state index in [9.17, 15) is 5.11 Å². The van der Waals surface area contributed by atoms with E-state index < -0.39 is 0 Å². The van der Waals surface area contributed by atoms with Gasteiger partial charge >= 0.3 is 0 Å². The second-order valence-electron chi connectivity index (χ2n) is 13.9. The number of allylic oxidation sites excluding steroid dienone is 2. The molecule has 1 N–H and O–H groups in total. The van der Waals surface area contributed by atoms with Gasteiger partial charge in [0.15, 0.2) is 0 Å². The maximum Gasteiger partial charge on any atom is 0.0540 e. The minimum absolute atomic E-state index is 0.0350. The highest BCUT2D eigenvalue weighted by molar-refractivity contribution is 4.81. The van der Waals surface area contributed by atoms with Crippen LogP contribution in [0.15, 0.2) is 12.2 Å². The van der Waals surface area contributed by atoms with Crippen LogP contribution < -0.4 is 0 Å². The molecule has 0 heterocycles.